The molecule has 1 aromatic heterocycles. The lowest BCUT2D eigenvalue weighted by atomic mass is 10.1. The van der Waals surface area contributed by atoms with E-state index in [1.54, 1.807) is 7.11 Å². The summed E-state index contributed by atoms with van der Waals surface area (Å²) in [6, 6.07) is 11.7. The van der Waals surface area contributed by atoms with Gasteiger partial charge in [0.05, 0.1) is 30.4 Å². The quantitative estimate of drug-likeness (QED) is 0.689. The molecule has 0 bridgehead atoms. The van der Waals surface area contributed by atoms with E-state index in [1.165, 1.54) is 11.3 Å². The number of amides is 1. The van der Waals surface area contributed by atoms with Crippen LogP contribution in [0.1, 0.15) is 18.1 Å². The Bertz CT molecular complexity index is 1020. The second kappa shape index (κ2) is 7.74. The van der Waals surface area contributed by atoms with Crippen LogP contribution in [0, 0.1) is 6.92 Å². The third kappa shape index (κ3) is 3.80. The van der Waals surface area contributed by atoms with Crippen LogP contribution in [0.2, 0.25) is 0 Å². The highest BCUT2D eigenvalue weighted by Crippen LogP contribution is 2.23. The van der Waals surface area contributed by atoms with Gasteiger partial charge in [-0.25, -0.2) is 0 Å². The zero-order valence-electron chi connectivity index (χ0n) is 15.4. The third-order valence-corrected chi connectivity index (χ3v) is 5.18. The molecule has 0 aliphatic carbocycles. The Morgan fingerprint density at radius 1 is 1.23 bits per heavy atom. The van der Waals surface area contributed by atoms with Crippen molar-refractivity contribution < 1.29 is 14.3 Å². The molecule has 0 atom stereocenters. The number of carbonyl (C=O) groups is 1. The molecule has 0 spiro atoms. The number of benzene rings is 2. The standard InChI is InChI=1S/C20H22N2O3S/c1-5-25-15-7-8-16-18(12-15)26-20(22(16)3)21-19(23)11-14-10-13(2)6-9-17(14)24-4/h6-10,12H,5,11H2,1-4H3. The molecular weight excluding hydrogens is 348 g/mol. The van der Waals surface area contributed by atoms with Crippen LogP contribution in [-0.4, -0.2) is 24.2 Å². The predicted octanol–water partition coefficient (Wildman–Crippen LogP) is 3.63. The Kier molecular flexibility index (Phi) is 5.42. The van der Waals surface area contributed by atoms with E-state index in [9.17, 15) is 4.79 Å². The van der Waals surface area contributed by atoms with E-state index in [1.807, 2.05) is 61.9 Å². The van der Waals surface area contributed by atoms with E-state index >= 15 is 0 Å². The minimum atomic E-state index is -0.193. The van der Waals surface area contributed by atoms with Crippen LogP contribution in [0.15, 0.2) is 41.4 Å². The van der Waals surface area contributed by atoms with Gasteiger partial charge in [-0.2, -0.15) is 4.99 Å². The number of hydrogen-bond acceptors (Lipinski definition) is 4. The molecule has 0 aliphatic rings. The average Bonchev–Trinajstić information content (AvgIpc) is 2.90. The van der Waals surface area contributed by atoms with Gasteiger partial charge in [-0.3, -0.25) is 4.79 Å². The Balaban J connectivity index is 1.93. The summed E-state index contributed by atoms with van der Waals surface area (Å²) in [5, 5.41) is 0. The van der Waals surface area contributed by atoms with Gasteiger partial charge >= 0.3 is 0 Å². The zero-order valence-corrected chi connectivity index (χ0v) is 16.2. The maximum absolute atomic E-state index is 12.5. The van der Waals surface area contributed by atoms with E-state index in [4.69, 9.17) is 9.47 Å². The number of ether oxygens (including phenoxy) is 2. The number of hydrogen-bond donors (Lipinski definition) is 0. The van der Waals surface area contributed by atoms with Gasteiger partial charge < -0.3 is 14.0 Å². The molecule has 3 aromatic rings. The van der Waals surface area contributed by atoms with Gasteiger partial charge in [-0.15, -0.1) is 0 Å². The molecule has 26 heavy (non-hydrogen) atoms. The van der Waals surface area contributed by atoms with Crippen LogP contribution in [0.4, 0.5) is 0 Å². The average molecular weight is 370 g/mol. The second-order valence-electron chi connectivity index (χ2n) is 6.00. The summed E-state index contributed by atoms with van der Waals surface area (Å²) in [5.41, 5.74) is 2.96. The number of nitrogens with zero attached hydrogens (tertiary/aromatic N) is 2. The van der Waals surface area contributed by atoms with Gasteiger partial charge in [-0.1, -0.05) is 29.0 Å². The summed E-state index contributed by atoms with van der Waals surface area (Å²) < 4.78 is 13.9. The lowest BCUT2D eigenvalue weighted by molar-refractivity contribution is -0.117. The van der Waals surface area contributed by atoms with Crippen molar-refractivity contribution in [2.45, 2.75) is 20.3 Å². The lowest BCUT2D eigenvalue weighted by Crippen LogP contribution is -2.14. The maximum Gasteiger partial charge on any atom is 0.252 e. The molecule has 5 nitrogen and oxygen atoms in total. The first-order chi connectivity index (χ1) is 12.5. The lowest BCUT2D eigenvalue weighted by Gasteiger charge is -2.07. The molecule has 0 aliphatic heterocycles. The van der Waals surface area contributed by atoms with Crippen LogP contribution in [0.25, 0.3) is 10.2 Å². The number of carbonyl (C=O) groups excluding carboxylic acids is 1. The van der Waals surface area contributed by atoms with Crippen molar-refractivity contribution in [3.8, 4) is 11.5 Å². The van der Waals surface area contributed by atoms with E-state index in [2.05, 4.69) is 4.99 Å². The minimum absolute atomic E-state index is 0.193. The van der Waals surface area contributed by atoms with Crippen LogP contribution in [0.5, 0.6) is 11.5 Å². The van der Waals surface area contributed by atoms with E-state index < -0.39 is 0 Å². The molecule has 6 heteroatoms. The molecular formula is C20H22N2O3S. The number of aryl methyl sites for hydroxylation is 2. The van der Waals surface area contributed by atoms with E-state index in [0.717, 1.165) is 27.1 Å². The Labute approximate surface area is 156 Å². The molecule has 0 unspecified atom stereocenters. The molecule has 136 valence electrons. The molecule has 0 radical (unpaired) electrons. The second-order valence-corrected chi connectivity index (χ2v) is 7.01. The first kappa shape index (κ1) is 18.2. The van der Waals surface area contributed by atoms with Crippen LogP contribution >= 0.6 is 11.3 Å². The largest absolute Gasteiger partial charge is 0.496 e. The molecule has 2 aromatic carbocycles. The summed E-state index contributed by atoms with van der Waals surface area (Å²) in [6.07, 6.45) is 0.212. The summed E-state index contributed by atoms with van der Waals surface area (Å²) in [6.45, 7) is 4.57. The Hall–Kier alpha value is -2.60. The third-order valence-electron chi connectivity index (χ3n) is 4.09. The molecule has 1 heterocycles. The molecule has 0 saturated heterocycles. The van der Waals surface area contributed by atoms with Crippen molar-refractivity contribution in [2.24, 2.45) is 12.0 Å². The highest BCUT2D eigenvalue weighted by atomic mass is 32.1. The first-order valence-electron chi connectivity index (χ1n) is 8.45. The zero-order chi connectivity index (χ0) is 18.7. The van der Waals surface area contributed by atoms with Gasteiger partial charge in [0, 0.05) is 12.6 Å². The number of thiazole rings is 1. The SMILES string of the molecule is CCOc1ccc2c(c1)sc(=NC(=O)Cc1cc(C)ccc1OC)n2C. The van der Waals surface area contributed by atoms with Crippen molar-refractivity contribution in [1.29, 1.82) is 0 Å². The van der Waals surface area contributed by atoms with E-state index in [-0.39, 0.29) is 12.3 Å². The van der Waals surface area contributed by atoms with Gasteiger partial charge in [0.25, 0.3) is 5.91 Å². The number of fused-ring (bicyclic) bond motifs is 1. The summed E-state index contributed by atoms with van der Waals surface area (Å²) in [4.78, 5) is 17.5. The fourth-order valence-corrected chi connectivity index (χ4v) is 3.90. The van der Waals surface area contributed by atoms with E-state index in [0.29, 0.717) is 17.2 Å². The number of rotatable bonds is 5. The minimum Gasteiger partial charge on any atom is -0.496 e. The molecule has 0 fully saturated rings. The monoisotopic (exact) mass is 370 g/mol. The summed E-state index contributed by atoms with van der Waals surface area (Å²) in [7, 11) is 3.52. The van der Waals surface area contributed by atoms with Crippen molar-refractivity contribution in [3.05, 3.63) is 52.3 Å². The summed E-state index contributed by atoms with van der Waals surface area (Å²) >= 11 is 1.48. The molecule has 1 amide bonds. The van der Waals surface area contributed by atoms with Gasteiger partial charge in [0.2, 0.25) is 0 Å². The first-order valence-corrected chi connectivity index (χ1v) is 9.27. The van der Waals surface area contributed by atoms with Crippen molar-refractivity contribution >= 4 is 27.5 Å². The van der Waals surface area contributed by atoms with Crippen LogP contribution < -0.4 is 14.3 Å². The number of methoxy groups -OCH3 is 1. The normalized spacial score (nSPS) is 11.8. The smallest absolute Gasteiger partial charge is 0.252 e. The molecule has 0 N–H and O–H groups in total. The van der Waals surface area contributed by atoms with Crippen LogP contribution in [0.3, 0.4) is 0 Å². The molecule has 3 rings (SSSR count). The van der Waals surface area contributed by atoms with Crippen molar-refractivity contribution in [1.82, 2.24) is 4.57 Å². The highest BCUT2D eigenvalue weighted by molar-refractivity contribution is 7.16. The molecule has 0 saturated carbocycles. The van der Waals surface area contributed by atoms with Crippen LogP contribution in [-0.2, 0) is 18.3 Å². The maximum atomic E-state index is 12.5. The predicted molar refractivity (Wildman–Crippen MR) is 104 cm³/mol. The highest BCUT2D eigenvalue weighted by Gasteiger charge is 2.10. The fourth-order valence-electron chi connectivity index (χ4n) is 2.83. The fraction of sp³-hybridized carbons (Fsp3) is 0.300. The Morgan fingerprint density at radius 2 is 2.04 bits per heavy atom. The van der Waals surface area contributed by atoms with Gasteiger partial charge in [-0.05, 0) is 38.1 Å². The number of aromatic nitrogens is 1. The van der Waals surface area contributed by atoms with Crippen molar-refractivity contribution in [3.63, 3.8) is 0 Å². The van der Waals surface area contributed by atoms with Gasteiger partial charge in [0.15, 0.2) is 4.80 Å². The topological polar surface area (TPSA) is 52.8 Å². The van der Waals surface area contributed by atoms with Crippen molar-refractivity contribution in [2.75, 3.05) is 13.7 Å². The van der Waals surface area contributed by atoms with Gasteiger partial charge in [0.1, 0.15) is 11.5 Å². The Morgan fingerprint density at radius 3 is 2.77 bits per heavy atom. The summed E-state index contributed by atoms with van der Waals surface area (Å²) in [5.74, 6) is 1.34.